The van der Waals surface area contributed by atoms with Crippen molar-refractivity contribution in [3.05, 3.63) is 30.0 Å². The van der Waals surface area contributed by atoms with Crippen molar-refractivity contribution in [3.8, 4) is 0 Å². The normalized spacial score (nSPS) is 11.2. The molecule has 4 nitrogen and oxygen atoms in total. The average Bonchev–Trinajstić information content (AvgIpc) is 2.41. The zero-order valence-electron chi connectivity index (χ0n) is 11.8. The minimum atomic E-state index is 0.195. The molecular formula is C15H21N3O. The van der Waals surface area contributed by atoms with E-state index < -0.39 is 0 Å². The Balaban J connectivity index is 2.50. The van der Waals surface area contributed by atoms with Crippen molar-refractivity contribution >= 4 is 16.6 Å². The van der Waals surface area contributed by atoms with E-state index in [2.05, 4.69) is 41.1 Å². The van der Waals surface area contributed by atoms with Crippen molar-refractivity contribution in [3.63, 3.8) is 0 Å². The molecule has 0 aliphatic heterocycles. The number of rotatable bonds is 5. The molecular weight excluding hydrogens is 238 g/mol. The van der Waals surface area contributed by atoms with Gasteiger partial charge in [0.25, 0.3) is 0 Å². The van der Waals surface area contributed by atoms with Gasteiger partial charge in [-0.15, -0.1) is 5.10 Å². The van der Waals surface area contributed by atoms with Crippen LogP contribution in [-0.4, -0.2) is 34.5 Å². The van der Waals surface area contributed by atoms with E-state index in [1.54, 1.807) is 0 Å². The van der Waals surface area contributed by atoms with Crippen molar-refractivity contribution < 1.29 is 5.11 Å². The second-order valence-corrected chi connectivity index (χ2v) is 5.02. The smallest absolute Gasteiger partial charge is 0.159 e. The number of anilines is 1. The number of nitrogens with zero attached hydrogens (tertiary/aromatic N) is 3. The maximum atomic E-state index is 9.04. The van der Waals surface area contributed by atoms with Gasteiger partial charge in [-0.3, -0.25) is 0 Å². The molecule has 2 rings (SSSR count). The molecule has 0 unspecified atom stereocenters. The molecule has 102 valence electrons. The second kappa shape index (κ2) is 5.97. The van der Waals surface area contributed by atoms with Crippen LogP contribution >= 0.6 is 0 Å². The SMILES string of the molecule is Cc1nnc(N(CCCO)C(C)C)c2ccccc12. The summed E-state index contributed by atoms with van der Waals surface area (Å²) in [6.45, 7) is 7.23. The molecule has 0 atom stereocenters. The largest absolute Gasteiger partial charge is 0.396 e. The number of aliphatic hydroxyl groups excluding tert-OH is 1. The van der Waals surface area contributed by atoms with Gasteiger partial charge in [-0.05, 0) is 27.2 Å². The highest BCUT2D eigenvalue weighted by Gasteiger charge is 2.16. The lowest BCUT2D eigenvalue weighted by Crippen LogP contribution is -2.33. The minimum absolute atomic E-state index is 0.195. The predicted molar refractivity (Wildman–Crippen MR) is 78.5 cm³/mol. The monoisotopic (exact) mass is 259 g/mol. The standard InChI is InChI=1S/C15H21N3O/c1-11(2)18(9-6-10-19)15-14-8-5-4-7-13(14)12(3)16-17-15/h4-5,7-8,11,19H,6,9-10H2,1-3H3. The summed E-state index contributed by atoms with van der Waals surface area (Å²) in [5.74, 6) is 0.907. The van der Waals surface area contributed by atoms with Crippen LogP contribution in [0.4, 0.5) is 5.82 Å². The molecule has 19 heavy (non-hydrogen) atoms. The van der Waals surface area contributed by atoms with E-state index in [1.807, 2.05) is 19.1 Å². The molecule has 0 bridgehead atoms. The van der Waals surface area contributed by atoms with Crippen molar-refractivity contribution in [1.29, 1.82) is 0 Å². The van der Waals surface area contributed by atoms with Gasteiger partial charge in [0, 0.05) is 30.0 Å². The topological polar surface area (TPSA) is 49.2 Å². The molecule has 2 aromatic rings. The third-order valence-corrected chi connectivity index (χ3v) is 3.31. The Morgan fingerprint density at radius 1 is 1.16 bits per heavy atom. The van der Waals surface area contributed by atoms with Gasteiger partial charge in [-0.2, -0.15) is 5.10 Å². The van der Waals surface area contributed by atoms with Crippen LogP contribution in [0.15, 0.2) is 24.3 Å². The summed E-state index contributed by atoms with van der Waals surface area (Å²) in [7, 11) is 0. The lowest BCUT2D eigenvalue weighted by molar-refractivity contribution is 0.288. The summed E-state index contributed by atoms with van der Waals surface area (Å²) >= 11 is 0. The Morgan fingerprint density at radius 2 is 1.84 bits per heavy atom. The molecule has 0 radical (unpaired) electrons. The van der Waals surface area contributed by atoms with Gasteiger partial charge >= 0.3 is 0 Å². The second-order valence-electron chi connectivity index (χ2n) is 5.02. The molecule has 0 saturated heterocycles. The van der Waals surface area contributed by atoms with Crippen molar-refractivity contribution in [2.45, 2.75) is 33.2 Å². The summed E-state index contributed by atoms with van der Waals surface area (Å²) in [6, 6.07) is 8.53. The first-order chi connectivity index (χ1) is 9.15. The van der Waals surface area contributed by atoms with Crippen LogP contribution in [0, 0.1) is 6.92 Å². The highest BCUT2D eigenvalue weighted by Crippen LogP contribution is 2.26. The van der Waals surface area contributed by atoms with Crippen molar-refractivity contribution in [2.24, 2.45) is 0 Å². The average molecular weight is 259 g/mol. The maximum Gasteiger partial charge on any atom is 0.159 e. The predicted octanol–water partition coefficient (Wildman–Crippen LogP) is 2.54. The van der Waals surface area contributed by atoms with E-state index >= 15 is 0 Å². The molecule has 1 heterocycles. The molecule has 0 aliphatic rings. The number of benzene rings is 1. The van der Waals surface area contributed by atoms with E-state index in [0.29, 0.717) is 6.04 Å². The first-order valence-electron chi connectivity index (χ1n) is 6.74. The fourth-order valence-corrected chi connectivity index (χ4v) is 2.29. The highest BCUT2D eigenvalue weighted by molar-refractivity contribution is 5.93. The van der Waals surface area contributed by atoms with Crippen LogP contribution in [0.2, 0.25) is 0 Å². The van der Waals surface area contributed by atoms with E-state index in [4.69, 9.17) is 5.11 Å². The Labute approximate surface area is 114 Å². The Hall–Kier alpha value is -1.68. The summed E-state index contributed by atoms with van der Waals surface area (Å²) in [5, 5.41) is 19.9. The molecule has 1 aromatic heterocycles. The third kappa shape index (κ3) is 2.84. The number of aryl methyl sites for hydroxylation is 1. The first-order valence-corrected chi connectivity index (χ1v) is 6.74. The van der Waals surface area contributed by atoms with Gasteiger partial charge < -0.3 is 10.0 Å². The van der Waals surface area contributed by atoms with Crippen LogP contribution in [0.1, 0.15) is 26.0 Å². The van der Waals surface area contributed by atoms with E-state index in [0.717, 1.165) is 35.2 Å². The lowest BCUT2D eigenvalue weighted by atomic mass is 10.1. The van der Waals surface area contributed by atoms with Gasteiger partial charge in [0.05, 0.1) is 5.69 Å². The van der Waals surface area contributed by atoms with Crippen LogP contribution in [0.5, 0.6) is 0 Å². The number of hydrogen-bond donors (Lipinski definition) is 1. The van der Waals surface area contributed by atoms with E-state index in [-0.39, 0.29) is 6.61 Å². The van der Waals surface area contributed by atoms with E-state index in [1.165, 1.54) is 0 Å². The van der Waals surface area contributed by atoms with Gasteiger partial charge in [0.2, 0.25) is 0 Å². The van der Waals surface area contributed by atoms with Crippen LogP contribution in [0.3, 0.4) is 0 Å². The van der Waals surface area contributed by atoms with Crippen LogP contribution < -0.4 is 4.90 Å². The van der Waals surface area contributed by atoms with Gasteiger partial charge in [-0.1, -0.05) is 24.3 Å². The molecule has 0 spiro atoms. The third-order valence-electron chi connectivity index (χ3n) is 3.31. The van der Waals surface area contributed by atoms with Crippen LogP contribution in [-0.2, 0) is 0 Å². The molecule has 0 saturated carbocycles. The van der Waals surface area contributed by atoms with Gasteiger partial charge in [-0.25, -0.2) is 0 Å². The Bertz CT molecular complexity index is 554. The van der Waals surface area contributed by atoms with Crippen molar-refractivity contribution in [1.82, 2.24) is 10.2 Å². The molecule has 0 aliphatic carbocycles. The zero-order chi connectivity index (χ0) is 13.8. The number of fused-ring (bicyclic) bond motifs is 1. The summed E-state index contributed by atoms with van der Waals surface area (Å²) in [6.07, 6.45) is 0.738. The molecule has 1 N–H and O–H groups in total. The quantitative estimate of drug-likeness (QED) is 0.896. The number of hydrogen-bond acceptors (Lipinski definition) is 4. The summed E-state index contributed by atoms with van der Waals surface area (Å²) in [5.41, 5.74) is 0.949. The van der Waals surface area contributed by atoms with Gasteiger partial charge in [0.15, 0.2) is 5.82 Å². The summed E-state index contributed by atoms with van der Waals surface area (Å²) < 4.78 is 0. The number of aromatic nitrogens is 2. The Kier molecular flexibility index (Phi) is 4.32. The minimum Gasteiger partial charge on any atom is -0.396 e. The number of aliphatic hydroxyl groups is 1. The first kappa shape index (κ1) is 13.7. The zero-order valence-corrected chi connectivity index (χ0v) is 11.8. The molecule has 0 amide bonds. The van der Waals surface area contributed by atoms with E-state index in [9.17, 15) is 0 Å². The molecule has 1 aromatic carbocycles. The van der Waals surface area contributed by atoms with Crippen molar-refractivity contribution in [2.75, 3.05) is 18.1 Å². The Morgan fingerprint density at radius 3 is 2.47 bits per heavy atom. The molecule has 0 fully saturated rings. The van der Waals surface area contributed by atoms with Crippen LogP contribution in [0.25, 0.3) is 10.8 Å². The maximum absolute atomic E-state index is 9.04. The highest BCUT2D eigenvalue weighted by atomic mass is 16.3. The lowest BCUT2D eigenvalue weighted by Gasteiger charge is -2.28. The molecule has 4 heteroatoms. The fourth-order valence-electron chi connectivity index (χ4n) is 2.29. The summed E-state index contributed by atoms with van der Waals surface area (Å²) in [4.78, 5) is 2.20. The fraction of sp³-hybridized carbons (Fsp3) is 0.467. The van der Waals surface area contributed by atoms with Gasteiger partial charge in [0.1, 0.15) is 0 Å².